The molecular weight excluding hydrogens is 222 g/mol. The van der Waals surface area contributed by atoms with E-state index in [-0.39, 0.29) is 18.0 Å². The van der Waals surface area contributed by atoms with Crippen LogP contribution in [0.15, 0.2) is 18.2 Å². The first-order valence-corrected chi connectivity index (χ1v) is 4.98. The second kappa shape index (κ2) is 5.20. The van der Waals surface area contributed by atoms with E-state index in [9.17, 15) is 9.59 Å². The predicted octanol–water partition coefficient (Wildman–Crippen LogP) is 0.467. The van der Waals surface area contributed by atoms with Crippen LogP contribution in [0.25, 0.3) is 0 Å². The summed E-state index contributed by atoms with van der Waals surface area (Å²) in [5, 5.41) is 11.7. The molecule has 0 heterocycles. The van der Waals surface area contributed by atoms with Gasteiger partial charge < -0.3 is 21.1 Å². The summed E-state index contributed by atoms with van der Waals surface area (Å²) in [6, 6.07) is 4.40. The first kappa shape index (κ1) is 12.8. The van der Waals surface area contributed by atoms with Gasteiger partial charge in [-0.25, -0.2) is 4.79 Å². The Kier molecular flexibility index (Phi) is 3.92. The number of carboxylic acid groups (broad SMARTS) is 1. The fraction of sp³-hybridized carbons (Fsp3) is 0.273. The normalized spacial score (nSPS) is 9.76. The Morgan fingerprint density at radius 3 is 2.59 bits per heavy atom. The molecule has 0 fully saturated rings. The van der Waals surface area contributed by atoms with Crippen molar-refractivity contribution >= 4 is 23.3 Å². The number of aromatic carboxylic acids is 1. The van der Waals surface area contributed by atoms with Gasteiger partial charge in [0.2, 0.25) is 5.91 Å². The zero-order valence-corrected chi connectivity index (χ0v) is 9.73. The third-order valence-corrected chi connectivity index (χ3v) is 2.20. The maximum absolute atomic E-state index is 11.4. The van der Waals surface area contributed by atoms with Crippen LogP contribution in [0, 0.1) is 0 Å². The van der Waals surface area contributed by atoms with E-state index in [1.807, 2.05) is 0 Å². The van der Waals surface area contributed by atoms with Crippen LogP contribution in [0.1, 0.15) is 10.4 Å². The second-order valence-corrected chi connectivity index (χ2v) is 3.75. The predicted molar refractivity (Wildman–Crippen MR) is 65.0 cm³/mol. The monoisotopic (exact) mass is 237 g/mol. The molecule has 0 aliphatic carbocycles. The van der Waals surface area contributed by atoms with Gasteiger partial charge in [0.05, 0.1) is 17.8 Å². The Hall–Kier alpha value is -2.24. The van der Waals surface area contributed by atoms with Crippen molar-refractivity contribution in [3.8, 4) is 0 Å². The third-order valence-electron chi connectivity index (χ3n) is 2.20. The van der Waals surface area contributed by atoms with Gasteiger partial charge in [-0.05, 0) is 18.2 Å². The van der Waals surface area contributed by atoms with Gasteiger partial charge >= 0.3 is 5.97 Å². The molecule has 4 N–H and O–H groups in total. The van der Waals surface area contributed by atoms with E-state index >= 15 is 0 Å². The van der Waals surface area contributed by atoms with Crippen molar-refractivity contribution in [1.82, 2.24) is 4.90 Å². The number of rotatable bonds is 4. The molecule has 1 aromatic carbocycles. The lowest BCUT2D eigenvalue weighted by molar-refractivity contribution is -0.126. The summed E-state index contributed by atoms with van der Waals surface area (Å²) in [7, 11) is 3.25. The fourth-order valence-corrected chi connectivity index (χ4v) is 1.22. The van der Waals surface area contributed by atoms with Gasteiger partial charge in [0, 0.05) is 19.8 Å². The Labute approximate surface area is 99.0 Å². The highest BCUT2D eigenvalue weighted by Gasteiger charge is 2.11. The number of carbonyl (C=O) groups is 2. The molecule has 0 bridgehead atoms. The zero-order valence-electron chi connectivity index (χ0n) is 9.73. The number of carboxylic acids is 1. The van der Waals surface area contributed by atoms with E-state index in [4.69, 9.17) is 10.8 Å². The van der Waals surface area contributed by atoms with Crippen molar-refractivity contribution in [2.24, 2.45) is 0 Å². The van der Waals surface area contributed by atoms with E-state index in [1.165, 1.54) is 23.1 Å². The summed E-state index contributed by atoms with van der Waals surface area (Å²) in [4.78, 5) is 23.7. The highest BCUT2D eigenvalue weighted by Crippen LogP contribution is 2.19. The molecule has 17 heavy (non-hydrogen) atoms. The molecule has 0 spiro atoms. The fourth-order valence-electron chi connectivity index (χ4n) is 1.22. The smallest absolute Gasteiger partial charge is 0.337 e. The molecule has 6 heteroatoms. The molecular formula is C11H15N3O3. The van der Waals surface area contributed by atoms with Crippen LogP contribution in [0.5, 0.6) is 0 Å². The zero-order chi connectivity index (χ0) is 13.0. The number of likely N-dealkylation sites (N-methyl/N-ethyl adjacent to an activating group) is 1. The Balaban J connectivity index is 2.86. The van der Waals surface area contributed by atoms with Crippen molar-refractivity contribution in [2.75, 3.05) is 31.7 Å². The SMILES string of the molecule is CN(C)C(=O)CNc1cc(N)ccc1C(=O)O. The summed E-state index contributed by atoms with van der Waals surface area (Å²) < 4.78 is 0. The summed E-state index contributed by atoms with van der Waals surface area (Å²) in [5.41, 5.74) is 6.43. The minimum Gasteiger partial charge on any atom is -0.478 e. The largest absolute Gasteiger partial charge is 0.478 e. The number of anilines is 2. The standard InChI is InChI=1S/C11H15N3O3/c1-14(2)10(15)6-13-9-5-7(12)3-4-8(9)11(16)17/h3-5,13H,6,12H2,1-2H3,(H,16,17). The minimum absolute atomic E-state index is 0.0245. The quantitative estimate of drug-likeness (QED) is 0.661. The maximum Gasteiger partial charge on any atom is 0.337 e. The molecule has 0 aliphatic rings. The number of hydrogen-bond donors (Lipinski definition) is 3. The van der Waals surface area contributed by atoms with Crippen molar-refractivity contribution in [3.63, 3.8) is 0 Å². The lowest BCUT2D eigenvalue weighted by Crippen LogP contribution is -2.29. The highest BCUT2D eigenvalue weighted by atomic mass is 16.4. The van der Waals surface area contributed by atoms with E-state index in [0.717, 1.165) is 0 Å². The van der Waals surface area contributed by atoms with Crippen LogP contribution in [0.2, 0.25) is 0 Å². The van der Waals surface area contributed by atoms with Crippen LogP contribution >= 0.6 is 0 Å². The first-order valence-electron chi connectivity index (χ1n) is 4.98. The van der Waals surface area contributed by atoms with Gasteiger partial charge in [0.25, 0.3) is 0 Å². The first-order chi connectivity index (χ1) is 7.91. The third kappa shape index (κ3) is 3.37. The van der Waals surface area contributed by atoms with E-state index in [1.54, 1.807) is 14.1 Å². The number of nitrogen functional groups attached to an aromatic ring is 1. The summed E-state index contributed by atoms with van der Waals surface area (Å²) in [6.45, 7) is 0.0245. The topological polar surface area (TPSA) is 95.7 Å². The molecule has 1 amide bonds. The highest BCUT2D eigenvalue weighted by molar-refractivity contribution is 5.95. The molecule has 92 valence electrons. The summed E-state index contributed by atoms with van der Waals surface area (Å²) in [6.07, 6.45) is 0. The van der Waals surface area contributed by atoms with Gasteiger partial charge in [0.1, 0.15) is 0 Å². The van der Waals surface area contributed by atoms with Crippen molar-refractivity contribution in [2.45, 2.75) is 0 Å². The lowest BCUT2D eigenvalue weighted by atomic mass is 10.1. The number of carbonyl (C=O) groups excluding carboxylic acids is 1. The summed E-state index contributed by atoms with van der Waals surface area (Å²) >= 11 is 0. The van der Waals surface area contributed by atoms with E-state index in [0.29, 0.717) is 11.4 Å². The van der Waals surface area contributed by atoms with Crippen LogP contribution in [0.3, 0.4) is 0 Å². The van der Waals surface area contributed by atoms with Crippen molar-refractivity contribution in [1.29, 1.82) is 0 Å². The number of benzene rings is 1. The lowest BCUT2D eigenvalue weighted by Gasteiger charge is -2.13. The van der Waals surface area contributed by atoms with E-state index in [2.05, 4.69) is 5.32 Å². The molecule has 6 nitrogen and oxygen atoms in total. The molecule has 0 aromatic heterocycles. The Morgan fingerprint density at radius 2 is 2.06 bits per heavy atom. The van der Waals surface area contributed by atoms with Crippen molar-refractivity contribution < 1.29 is 14.7 Å². The molecule has 1 aromatic rings. The molecule has 0 unspecified atom stereocenters. The number of amides is 1. The minimum atomic E-state index is -1.06. The van der Waals surface area contributed by atoms with Crippen LogP contribution in [0.4, 0.5) is 11.4 Å². The van der Waals surface area contributed by atoms with Crippen LogP contribution in [-0.4, -0.2) is 42.5 Å². The molecule has 0 aliphatic heterocycles. The molecule has 1 rings (SSSR count). The summed E-state index contributed by atoms with van der Waals surface area (Å²) in [5.74, 6) is -1.21. The Morgan fingerprint density at radius 1 is 1.41 bits per heavy atom. The van der Waals surface area contributed by atoms with Crippen molar-refractivity contribution in [3.05, 3.63) is 23.8 Å². The number of nitrogens with zero attached hydrogens (tertiary/aromatic N) is 1. The van der Waals surface area contributed by atoms with E-state index < -0.39 is 5.97 Å². The maximum atomic E-state index is 11.4. The van der Waals surface area contributed by atoms with Gasteiger partial charge in [-0.3, -0.25) is 4.79 Å². The average molecular weight is 237 g/mol. The van der Waals surface area contributed by atoms with Gasteiger partial charge in [-0.15, -0.1) is 0 Å². The molecule has 0 atom stereocenters. The van der Waals surface area contributed by atoms with Gasteiger partial charge in [-0.2, -0.15) is 0 Å². The molecule has 0 radical (unpaired) electrons. The van der Waals surface area contributed by atoms with Crippen LogP contribution in [-0.2, 0) is 4.79 Å². The second-order valence-electron chi connectivity index (χ2n) is 3.75. The average Bonchev–Trinajstić information content (AvgIpc) is 2.25. The van der Waals surface area contributed by atoms with Crippen LogP contribution < -0.4 is 11.1 Å². The molecule has 0 saturated heterocycles. The molecule has 0 saturated carbocycles. The number of nitrogens with one attached hydrogen (secondary N) is 1. The number of hydrogen-bond acceptors (Lipinski definition) is 4. The number of nitrogens with two attached hydrogens (primary N) is 1. The van der Waals surface area contributed by atoms with Gasteiger partial charge in [0.15, 0.2) is 0 Å². The Bertz CT molecular complexity index is 444. The van der Waals surface area contributed by atoms with Gasteiger partial charge in [-0.1, -0.05) is 0 Å².